The standard InChI is InChI=1S/C14H18ClNO3S/c1-8-7-20-10(9(8)15)12(17)16-6-4-5-14(2,3)11(16)13(18)19/h7,11H,4-6H2,1-3H3,(H,18,19). The Morgan fingerprint density at radius 2 is 2.15 bits per heavy atom. The van der Waals surface area contributed by atoms with Crippen molar-refractivity contribution < 1.29 is 14.7 Å². The van der Waals surface area contributed by atoms with Crippen LogP contribution in [0.5, 0.6) is 0 Å². The molecule has 1 fully saturated rings. The molecule has 1 aliphatic rings. The number of carboxylic acids is 1. The zero-order valence-electron chi connectivity index (χ0n) is 11.8. The molecule has 1 unspecified atom stereocenters. The Labute approximate surface area is 127 Å². The van der Waals surface area contributed by atoms with Crippen molar-refractivity contribution in [3.05, 3.63) is 20.8 Å². The van der Waals surface area contributed by atoms with E-state index in [9.17, 15) is 14.7 Å². The maximum atomic E-state index is 12.6. The first-order valence-electron chi connectivity index (χ1n) is 6.53. The van der Waals surface area contributed by atoms with E-state index in [-0.39, 0.29) is 5.91 Å². The fourth-order valence-corrected chi connectivity index (χ4v) is 4.01. The van der Waals surface area contributed by atoms with E-state index in [1.54, 1.807) is 0 Å². The number of rotatable bonds is 2. The van der Waals surface area contributed by atoms with Crippen LogP contribution in [-0.2, 0) is 4.79 Å². The molecule has 20 heavy (non-hydrogen) atoms. The largest absolute Gasteiger partial charge is 0.480 e. The molecule has 0 radical (unpaired) electrons. The van der Waals surface area contributed by atoms with Gasteiger partial charge in [-0.1, -0.05) is 25.4 Å². The maximum Gasteiger partial charge on any atom is 0.326 e. The van der Waals surface area contributed by atoms with Crippen LogP contribution >= 0.6 is 22.9 Å². The summed E-state index contributed by atoms with van der Waals surface area (Å²) in [6, 6.07) is -0.803. The molecule has 1 atom stereocenters. The van der Waals surface area contributed by atoms with Gasteiger partial charge in [0.2, 0.25) is 0 Å². The predicted molar refractivity (Wildman–Crippen MR) is 79.5 cm³/mol. The van der Waals surface area contributed by atoms with Gasteiger partial charge in [0.05, 0.1) is 5.02 Å². The molecule has 0 aliphatic carbocycles. The van der Waals surface area contributed by atoms with Crippen LogP contribution in [0.3, 0.4) is 0 Å². The molecule has 0 saturated carbocycles. The lowest BCUT2D eigenvalue weighted by molar-refractivity contribution is -0.148. The predicted octanol–water partition coefficient (Wildman–Crippen LogP) is 3.43. The fraction of sp³-hybridized carbons (Fsp3) is 0.571. The first-order valence-corrected chi connectivity index (χ1v) is 7.79. The Morgan fingerprint density at radius 1 is 1.50 bits per heavy atom. The lowest BCUT2D eigenvalue weighted by Crippen LogP contribution is -2.56. The van der Waals surface area contributed by atoms with Gasteiger partial charge in [0.15, 0.2) is 0 Å². The zero-order chi connectivity index (χ0) is 15.1. The Kier molecular flexibility index (Phi) is 4.12. The third-order valence-electron chi connectivity index (χ3n) is 3.86. The number of amides is 1. The molecule has 1 amide bonds. The second kappa shape index (κ2) is 5.37. The summed E-state index contributed by atoms with van der Waals surface area (Å²) in [6.45, 7) is 6.09. The van der Waals surface area contributed by atoms with Crippen LogP contribution < -0.4 is 0 Å². The van der Waals surface area contributed by atoms with Crippen LogP contribution in [0.15, 0.2) is 5.38 Å². The molecular formula is C14H18ClNO3S. The van der Waals surface area contributed by atoms with Crippen molar-refractivity contribution in [3.8, 4) is 0 Å². The number of aryl methyl sites for hydroxylation is 1. The molecule has 1 aliphatic heterocycles. The highest BCUT2D eigenvalue weighted by atomic mass is 35.5. The quantitative estimate of drug-likeness (QED) is 0.909. The van der Waals surface area contributed by atoms with E-state index in [0.29, 0.717) is 16.4 Å². The van der Waals surface area contributed by atoms with Gasteiger partial charge < -0.3 is 10.0 Å². The second-order valence-electron chi connectivity index (χ2n) is 5.89. The van der Waals surface area contributed by atoms with Crippen molar-refractivity contribution >= 4 is 34.8 Å². The lowest BCUT2D eigenvalue weighted by Gasteiger charge is -2.43. The second-order valence-corrected chi connectivity index (χ2v) is 7.15. The number of aliphatic carboxylic acids is 1. The summed E-state index contributed by atoms with van der Waals surface area (Å²) in [4.78, 5) is 26.1. The summed E-state index contributed by atoms with van der Waals surface area (Å²) in [5.74, 6) is -1.22. The Morgan fingerprint density at radius 3 is 2.65 bits per heavy atom. The molecule has 2 rings (SSSR count). The number of piperidine rings is 1. The van der Waals surface area contributed by atoms with Crippen LogP contribution in [0.4, 0.5) is 0 Å². The van der Waals surface area contributed by atoms with E-state index in [1.807, 2.05) is 26.2 Å². The average molecular weight is 316 g/mol. The van der Waals surface area contributed by atoms with E-state index in [2.05, 4.69) is 0 Å². The minimum atomic E-state index is -0.951. The van der Waals surface area contributed by atoms with E-state index in [1.165, 1.54) is 16.2 Å². The van der Waals surface area contributed by atoms with Crippen molar-refractivity contribution in [1.29, 1.82) is 0 Å². The van der Waals surface area contributed by atoms with Crippen LogP contribution in [0, 0.1) is 12.3 Å². The highest BCUT2D eigenvalue weighted by Gasteiger charge is 2.45. The summed E-state index contributed by atoms with van der Waals surface area (Å²) in [7, 11) is 0. The van der Waals surface area contributed by atoms with E-state index >= 15 is 0 Å². The summed E-state index contributed by atoms with van der Waals surface area (Å²) < 4.78 is 0. The van der Waals surface area contributed by atoms with Gasteiger partial charge in [0.25, 0.3) is 5.91 Å². The molecule has 6 heteroatoms. The van der Waals surface area contributed by atoms with Gasteiger partial charge in [-0.2, -0.15) is 0 Å². The molecule has 1 aromatic rings. The van der Waals surface area contributed by atoms with Crippen LogP contribution in [0.2, 0.25) is 5.02 Å². The van der Waals surface area contributed by atoms with Gasteiger partial charge in [-0.25, -0.2) is 4.79 Å². The molecular weight excluding hydrogens is 298 g/mol. The van der Waals surface area contributed by atoms with Crippen molar-refractivity contribution in [3.63, 3.8) is 0 Å². The number of nitrogens with zero attached hydrogens (tertiary/aromatic N) is 1. The van der Waals surface area contributed by atoms with Gasteiger partial charge in [-0.15, -0.1) is 11.3 Å². The summed E-state index contributed by atoms with van der Waals surface area (Å²) >= 11 is 7.41. The van der Waals surface area contributed by atoms with E-state index < -0.39 is 17.4 Å². The van der Waals surface area contributed by atoms with Gasteiger partial charge in [0.1, 0.15) is 10.9 Å². The molecule has 1 N–H and O–H groups in total. The van der Waals surface area contributed by atoms with Crippen molar-refractivity contribution in [1.82, 2.24) is 4.90 Å². The number of likely N-dealkylation sites (tertiary alicyclic amines) is 1. The van der Waals surface area contributed by atoms with E-state index in [4.69, 9.17) is 11.6 Å². The Hall–Kier alpha value is -1.07. The minimum Gasteiger partial charge on any atom is -0.480 e. The molecule has 1 saturated heterocycles. The maximum absolute atomic E-state index is 12.6. The zero-order valence-corrected chi connectivity index (χ0v) is 13.3. The topological polar surface area (TPSA) is 57.6 Å². The highest BCUT2D eigenvalue weighted by molar-refractivity contribution is 7.13. The number of hydrogen-bond donors (Lipinski definition) is 1. The summed E-state index contributed by atoms with van der Waals surface area (Å²) in [6.07, 6.45) is 1.61. The Bertz CT molecular complexity index is 553. The number of carbonyl (C=O) groups is 2. The lowest BCUT2D eigenvalue weighted by atomic mass is 9.76. The van der Waals surface area contributed by atoms with Gasteiger partial charge in [0, 0.05) is 6.54 Å². The SMILES string of the molecule is Cc1csc(C(=O)N2CCCC(C)(C)C2C(=O)O)c1Cl. The first kappa shape index (κ1) is 15.3. The Balaban J connectivity index is 2.37. The minimum absolute atomic E-state index is 0.270. The third-order valence-corrected chi connectivity index (χ3v) is 5.55. The van der Waals surface area contributed by atoms with Gasteiger partial charge in [-0.05, 0) is 36.1 Å². The van der Waals surface area contributed by atoms with Crippen molar-refractivity contribution in [2.75, 3.05) is 6.54 Å². The summed E-state index contributed by atoms with van der Waals surface area (Å²) in [5.41, 5.74) is 0.418. The third kappa shape index (κ3) is 2.56. The smallest absolute Gasteiger partial charge is 0.326 e. The molecule has 2 heterocycles. The summed E-state index contributed by atoms with van der Waals surface area (Å²) in [5, 5.41) is 11.7. The van der Waals surface area contributed by atoms with Crippen LogP contribution in [0.1, 0.15) is 41.9 Å². The van der Waals surface area contributed by atoms with Crippen LogP contribution in [0.25, 0.3) is 0 Å². The molecule has 0 bridgehead atoms. The van der Waals surface area contributed by atoms with Gasteiger partial charge >= 0.3 is 5.97 Å². The number of thiophene rings is 1. The first-order chi connectivity index (χ1) is 9.25. The molecule has 0 spiro atoms. The van der Waals surface area contributed by atoms with Gasteiger partial charge in [-0.3, -0.25) is 4.79 Å². The molecule has 110 valence electrons. The van der Waals surface area contributed by atoms with Crippen molar-refractivity contribution in [2.45, 2.75) is 39.7 Å². The van der Waals surface area contributed by atoms with Crippen molar-refractivity contribution in [2.24, 2.45) is 5.41 Å². The number of carbonyl (C=O) groups excluding carboxylic acids is 1. The molecule has 4 nitrogen and oxygen atoms in total. The average Bonchev–Trinajstić information content (AvgIpc) is 2.67. The normalized spacial score (nSPS) is 21.8. The monoisotopic (exact) mass is 315 g/mol. The number of hydrogen-bond acceptors (Lipinski definition) is 3. The number of halogens is 1. The highest BCUT2D eigenvalue weighted by Crippen LogP contribution is 2.37. The van der Waals surface area contributed by atoms with E-state index in [0.717, 1.165) is 18.4 Å². The fourth-order valence-electron chi connectivity index (χ4n) is 2.78. The molecule has 1 aromatic heterocycles. The molecule has 0 aromatic carbocycles. The van der Waals surface area contributed by atoms with Crippen LogP contribution in [-0.4, -0.2) is 34.5 Å². The number of carboxylic acid groups (broad SMARTS) is 1.